The predicted molar refractivity (Wildman–Crippen MR) is 78.9 cm³/mol. The van der Waals surface area contributed by atoms with Crippen molar-refractivity contribution in [1.29, 1.82) is 0 Å². The average Bonchev–Trinajstić information content (AvgIpc) is 2.37. The molecule has 2 nitrogen and oxygen atoms in total. The highest BCUT2D eigenvalue weighted by atomic mass is 16.5. The molecule has 0 bridgehead atoms. The van der Waals surface area contributed by atoms with Crippen molar-refractivity contribution >= 4 is 0 Å². The van der Waals surface area contributed by atoms with Crippen LogP contribution in [-0.4, -0.2) is 26.3 Å². The molecule has 0 heterocycles. The number of nitrogens with one attached hydrogen (secondary N) is 1. The second kappa shape index (κ2) is 8.92. The largest absolute Gasteiger partial charge is 0.385 e. The summed E-state index contributed by atoms with van der Waals surface area (Å²) in [6.45, 7) is 9.18. The standard InChI is InChI=1S/C16H33NO/c1-5-10-17-16(7-6-11-18-4)15-9-8-13(2)14(3)12-15/h13-17H,5-12H2,1-4H3. The fraction of sp³-hybridized carbons (Fsp3) is 1.00. The molecule has 1 N–H and O–H groups in total. The van der Waals surface area contributed by atoms with E-state index >= 15 is 0 Å². The second-order valence-electron chi connectivity index (χ2n) is 6.22. The molecular weight excluding hydrogens is 222 g/mol. The number of methoxy groups -OCH3 is 1. The van der Waals surface area contributed by atoms with Gasteiger partial charge < -0.3 is 10.1 Å². The van der Waals surface area contributed by atoms with Crippen molar-refractivity contribution in [3.05, 3.63) is 0 Å². The van der Waals surface area contributed by atoms with Gasteiger partial charge in [-0.05, 0) is 56.4 Å². The molecule has 4 unspecified atom stereocenters. The summed E-state index contributed by atoms with van der Waals surface area (Å²) in [4.78, 5) is 0. The van der Waals surface area contributed by atoms with Crippen molar-refractivity contribution in [2.24, 2.45) is 17.8 Å². The third-order valence-electron chi connectivity index (χ3n) is 4.73. The van der Waals surface area contributed by atoms with Crippen LogP contribution < -0.4 is 5.32 Å². The molecule has 4 atom stereocenters. The Bertz CT molecular complexity index is 207. The molecule has 0 aromatic carbocycles. The minimum absolute atomic E-state index is 0.718. The van der Waals surface area contributed by atoms with Gasteiger partial charge in [0.05, 0.1) is 0 Å². The Balaban J connectivity index is 2.42. The van der Waals surface area contributed by atoms with Crippen molar-refractivity contribution in [1.82, 2.24) is 5.32 Å². The number of hydrogen-bond donors (Lipinski definition) is 1. The lowest BCUT2D eigenvalue weighted by atomic mass is 9.72. The first kappa shape index (κ1) is 16.0. The van der Waals surface area contributed by atoms with Gasteiger partial charge in [-0.25, -0.2) is 0 Å². The molecular formula is C16H33NO. The van der Waals surface area contributed by atoms with Crippen LogP contribution in [0, 0.1) is 17.8 Å². The summed E-state index contributed by atoms with van der Waals surface area (Å²) in [6.07, 6.45) is 7.95. The quantitative estimate of drug-likeness (QED) is 0.665. The van der Waals surface area contributed by atoms with E-state index in [1.54, 1.807) is 7.11 Å². The van der Waals surface area contributed by atoms with E-state index in [0.29, 0.717) is 0 Å². The van der Waals surface area contributed by atoms with Crippen molar-refractivity contribution in [2.75, 3.05) is 20.3 Å². The smallest absolute Gasteiger partial charge is 0.0462 e. The van der Waals surface area contributed by atoms with E-state index in [4.69, 9.17) is 4.74 Å². The van der Waals surface area contributed by atoms with Crippen LogP contribution >= 0.6 is 0 Å². The predicted octanol–water partition coefficient (Wildman–Crippen LogP) is 3.85. The molecule has 0 spiro atoms. The van der Waals surface area contributed by atoms with Gasteiger partial charge in [0.1, 0.15) is 0 Å². The Morgan fingerprint density at radius 3 is 2.61 bits per heavy atom. The van der Waals surface area contributed by atoms with Crippen LogP contribution in [0.2, 0.25) is 0 Å². The summed E-state index contributed by atoms with van der Waals surface area (Å²) in [5.74, 6) is 2.71. The van der Waals surface area contributed by atoms with Crippen molar-refractivity contribution in [3.8, 4) is 0 Å². The van der Waals surface area contributed by atoms with Gasteiger partial charge in [0.15, 0.2) is 0 Å². The Morgan fingerprint density at radius 1 is 1.22 bits per heavy atom. The van der Waals surface area contributed by atoms with Crippen molar-refractivity contribution in [3.63, 3.8) is 0 Å². The molecule has 18 heavy (non-hydrogen) atoms. The molecule has 1 fully saturated rings. The third-order valence-corrected chi connectivity index (χ3v) is 4.73. The maximum Gasteiger partial charge on any atom is 0.0462 e. The first-order chi connectivity index (χ1) is 8.69. The molecule has 0 aromatic rings. The molecule has 0 aliphatic heterocycles. The van der Waals surface area contributed by atoms with Gasteiger partial charge in [-0.1, -0.05) is 27.2 Å². The highest BCUT2D eigenvalue weighted by Crippen LogP contribution is 2.35. The third kappa shape index (κ3) is 5.27. The Labute approximate surface area is 114 Å². The van der Waals surface area contributed by atoms with E-state index in [1.165, 1.54) is 38.5 Å². The van der Waals surface area contributed by atoms with Gasteiger partial charge in [0.2, 0.25) is 0 Å². The van der Waals surface area contributed by atoms with Crippen molar-refractivity contribution in [2.45, 2.75) is 65.3 Å². The summed E-state index contributed by atoms with van der Waals surface area (Å²) < 4.78 is 5.19. The van der Waals surface area contributed by atoms with Crippen LogP contribution in [0.4, 0.5) is 0 Å². The molecule has 1 rings (SSSR count). The Hall–Kier alpha value is -0.0800. The first-order valence-electron chi connectivity index (χ1n) is 7.91. The zero-order valence-corrected chi connectivity index (χ0v) is 12.9. The molecule has 1 aliphatic carbocycles. The molecule has 2 heteroatoms. The number of rotatable bonds is 8. The van der Waals surface area contributed by atoms with Gasteiger partial charge >= 0.3 is 0 Å². The van der Waals surface area contributed by atoms with Gasteiger partial charge in [-0.2, -0.15) is 0 Å². The topological polar surface area (TPSA) is 21.3 Å². The average molecular weight is 255 g/mol. The van der Waals surface area contributed by atoms with Crippen LogP contribution in [0.15, 0.2) is 0 Å². The van der Waals surface area contributed by atoms with Crippen LogP contribution in [0.3, 0.4) is 0 Å². The van der Waals surface area contributed by atoms with Crippen LogP contribution in [0.25, 0.3) is 0 Å². The molecule has 0 radical (unpaired) electrons. The second-order valence-corrected chi connectivity index (χ2v) is 6.22. The fourth-order valence-corrected chi connectivity index (χ4v) is 3.24. The lowest BCUT2D eigenvalue weighted by Gasteiger charge is -2.37. The molecule has 1 aliphatic rings. The molecule has 0 amide bonds. The fourth-order valence-electron chi connectivity index (χ4n) is 3.24. The first-order valence-corrected chi connectivity index (χ1v) is 7.91. The highest BCUT2D eigenvalue weighted by molar-refractivity contribution is 4.83. The minimum atomic E-state index is 0.718. The highest BCUT2D eigenvalue weighted by Gasteiger charge is 2.29. The van der Waals surface area contributed by atoms with E-state index in [0.717, 1.165) is 36.9 Å². The van der Waals surface area contributed by atoms with Gasteiger partial charge in [0.25, 0.3) is 0 Å². The van der Waals surface area contributed by atoms with E-state index in [2.05, 4.69) is 26.1 Å². The molecule has 0 saturated heterocycles. The SMILES string of the molecule is CCCNC(CCCOC)C1CCC(C)C(C)C1. The number of hydrogen-bond acceptors (Lipinski definition) is 2. The minimum Gasteiger partial charge on any atom is -0.385 e. The zero-order valence-electron chi connectivity index (χ0n) is 12.9. The monoisotopic (exact) mass is 255 g/mol. The molecule has 108 valence electrons. The summed E-state index contributed by atoms with van der Waals surface area (Å²) >= 11 is 0. The number of ether oxygens (including phenoxy) is 1. The van der Waals surface area contributed by atoms with Gasteiger partial charge in [-0.15, -0.1) is 0 Å². The van der Waals surface area contributed by atoms with E-state index in [1.807, 2.05) is 0 Å². The summed E-state index contributed by atoms with van der Waals surface area (Å²) in [5.41, 5.74) is 0. The maximum absolute atomic E-state index is 5.19. The Kier molecular flexibility index (Phi) is 7.92. The van der Waals surface area contributed by atoms with Crippen LogP contribution in [-0.2, 0) is 4.74 Å². The van der Waals surface area contributed by atoms with E-state index in [-0.39, 0.29) is 0 Å². The molecule has 1 saturated carbocycles. The lowest BCUT2D eigenvalue weighted by Crippen LogP contribution is -2.40. The van der Waals surface area contributed by atoms with Gasteiger partial charge in [0, 0.05) is 19.8 Å². The van der Waals surface area contributed by atoms with Gasteiger partial charge in [-0.3, -0.25) is 0 Å². The normalized spacial score (nSPS) is 30.3. The van der Waals surface area contributed by atoms with E-state index < -0.39 is 0 Å². The summed E-state index contributed by atoms with van der Waals surface area (Å²) in [5, 5.41) is 3.78. The summed E-state index contributed by atoms with van der Waals surface area (Å²) in [7, 11) is 1.80. The van der Waals surface area contributed by atoms with E-state index in [9.17, 15) is 0 Å². The lowest BCUT2D eigenvalue weighted by molar-refractivity contribution is 0.149. The van der Waals surface area contributed by atoms with Crippen molar-refractivity contribution < 1.29 is 4.74 Å². The summed E-state index contributed by atoms with van der Waals surface area (Å²) in [6, 6.07) is 0.718. The Morgan fingerprint density at radius 2 is 2.00 bits per heavy atom. The molecule has 0 aromatic heterocycles. The van der Waals surface area contributed by atoms with Crippen LogP contribution in [0.1, 0.15) is 59.3 Å². The maximum atomic E-state index is 5.19. The zero-order chi connectivity index (χ0) is 13.4. The van der Waals surface area contributed by atoms with Crippen LogP contribution in [0.5, 0.6) is 0 Å².